The van der Waals surface area contributed by atoms with Crippen molar-refractivity contribution in [1.29, 1.82) is 0 Å². The number of hydrogen-bond acceptors (Lipinski definition) is 5. The van der Waals surface area contributed by atoms with Crippen LogP contribution >= 0.6 is 0 Å². The number of nitrogens with zero attached hydrogens (tertiary/aromatic N) is 2. The Bertz CT molecular complexity index is 179. The van der Waals surface area contributed by atoms with Gasteiger partial charge in [-0.1, -0.05) is 0 Å². The van der Waals surface area contributed by atoms with Crippen molar-refractivity contribution in [3.05, 3.63) is 0 Å². The summed E-state index contributed by atoms with van der Waals surface area (Å²) in [5, 5.41) is 0. The fourth-order valence-electron chi connectivity index (χ4n) is 1.41. The summed E-state index contributed by atoms with van der Waals surface area (Å²) >= 11 is 0. The lowest BCUT2D eigenvalue weighted by atomic mass is 10.3. The summed E-state index contributed by atoms with van der Waals surface area (Å²) in [4.78, 5) is 15.6. The van der Waals surface area contributed by atoms with Gasteiger partial charge in [-0.15, -0.1) is 0 Å². The van der Waals surface area contributed by atoms with Crippen LogP contribution in [0.5, 0.6) is 0 Å². The second kappa shape index (κ2) is 5.95. The first kappa shape index (κ1) is 11.4. The second-order valence-electron chi connectivity index (χ2n) is 3.59. The fraction of sp³-hybridized carbons (Fsp3) is 0.889. The van der Waals surface area contributed by atoms with E-state index in [9.17, 15) is 4.79 Å². The Morgan fingerprint density at radius 2 is 2.00 bits per heavy atom. The second-order valence-corrected chi connectivity index (χ2v) is 3.59. The van der Waals surface area contributed by atoms with Crippen molar-refractivity contribution in [3.63, 3.8) is 0 Å². The Hall–Kier alpha value is -0.650. The van der Waals surface area contributed by atoms with Gasteiger partial charge in [0.25, 0.3) is 0 Å². The Morgan fingerprint density at radius 3 is 2.57 bits per heavy atom. The van der Waals surface area contributed by atoms with E-state index in [2.05, 4.69) is 16.8 Å². The zero-order valence-corrected chi connectivity index (χ0v) is 8.74. The average molecular weight is 201 g/mol. The zero-order chi connectivity index (χ0) is 10.4. The highest BCUT2D eigenvalue weighted by atomic mass is 16.5. The summed E-state index contributed by atoms with van der Waals surface area (Å²) in [5.41, 5.74) is 5.23. The maximum atomic E-state index is 11.2. The first-order valence-corrected chi connectivity index (χ1v) is 4.99. The molecule has 0 amide bonds. The summed E-state index contributed by atoms with van der Waals surface area (Å²) in [6.45, 7) is 5.03. The summed E-state index contributed by atoms with van der Waals surface area (Å²) in [7, 11) is 2.09. The highest BCUT2D eigenvalue weighted by Gasteiger charge is 2.16. The topological polar surface area (TPSA) is 58.8 Å². The van der Waals surface area contributed by atoms with E-state index in [1.54, 1.807) is 0 Å². The van der Waals surface area contributed by atoms with Gasteiger partial charge in [0.05, 0.1) is 6.54 Å². The summed E-state index contributed by atoms with van der Waals surface area (Å²) in [5.74, 6) is -0.167. The van der Waals surface area contributed by atoms with Gasteiger partial charge in [-0.2, -0.15) is 0 Å². The first-order valence-electron chi connectivity index (χ1n) is 4.99. The van der Waals surface area contributed by atoms with Gasteiger partial charge in [0.2, 0.25) is 0 Å². The molecule has 0 aromatic heterocycles. The largest absolute Gasteiger partial charge is 0.463 e. The van der Waals surface area contributed by atoms with E-state index in [0.29, 0.717) is 19.7 Å². The van der Waals surface area contributed by atoms with Crippen molar-refractivity contribution < 1.29 is 9.53 Å². The molecule has 0 atom stereocenters. The number of esters is 1. The van der Waals surface area contributed by atoms with Gasteiger partial charge >= 0.3 is 5.97 Å². The third-order valence-electron chi connectivity index (χ3n) is 2.33. The van der Waals surface area contributed by atoms with E-state index in [-0.39, 0.29) is 5.97 Å². The number of hydrogen-bond donors (Lipinski definition) is 1. The molecule has 5 nitrogen and oxygen atoms in total. The molecule has 0 aromatic rings. The van der Waals surface area contributed by atoms with Gasteiger partial charge in [0.15, 0.2) is 0 Å². The minimum atomic E-state index is -0.167. The van der Waals surface area contributed by atoms with Crippen LogP contribution in [0.1, 0.15) is 0 Å². The van der Waals surface area contributed by atoms with Gasteiger partial charge in [0, 0.05) is 32.7 Å². The molecule has 1 heterocycles. The molecule has 1 rings (SSSR count). The van der Waals surface area contributed by atoms with Gasteiger partial charge in [-0.05, 0) is 7.05 Å². The normalized spacial score (nSPS) is 19.6. The van der Waals surface area contributed by atoms with Crippen molar-refractivity contribution in [2.75, 3.05) is 52.9 Å². The number of ether oxygens (including phenoxy) is 1. The lowest BCUT2D eigenvalue weighted by Crippen LogP contribution is -2.46. The van der Waals surface area contributed by atoms with Crippen LogP contribution in [0.15, 0.2) is 0 Å². The molecule has 2 N–H and O–H groups in total. The number of carbonyl (C=O) groups excluding carboxylic acids is 1. The highest BCUT2D eigenvalue weighted by molar-refractivity contribution is 5.71. The molecule has 1 aliphatic rings. The summed E-state index contributed by atoms with van der Waals surface area (Å²) in [6, 6.07) is 0. The van der Waals surface area contributed by atoms with Crippen molar-refractivity contribution in [3.8, 4) is 0 Å². The smallest absolute Gasteiger partial charge is 0.320 e. The average Bonchev–Trinajstić information content (AvgIpc) is 2.18. The van der Waals surface area contributed by atoms with Crippen molar-refractivity contribution in [2.24, 2.45) is 5.73 Å². The molecule has 82 valence electrons. The number of carbonyl (C=O) groups is 1. The molecule has 1 fully saturated rings. The Kier molecular flexibility index (Phi) is 4.86. The molecule has 5 heteroatoms. The number of likely N-dealkylation sites (N-methyl/N-ethyl adjacent to an activating group) is 1. The first-order chi connectivity index (χ1) is 6.72. The molecule has 0 radical (unpaired) electrons. The zero-order valence-electron chi connectivity index (χ0n) is 8.74. The van der Waals surface area contributed by atoms with Crippen LogP contribution in [-0.2, 0) is 9.53 Å². The molecule has 0 bridgehead atoms. The number of piperazine rings is 1. The van der Waals surface area contributed by atoms with Gasteiger partial charge in [-0.3, -0.25) is 9.69 Å². The molecule has 0 unspecified atom stereocenters. The van der Waals surface area contributed by atoms with E-state index in [4.69, 9.17) is 10.5 Å². The van der Waals surface area contributed by atoms with Crippen LogP contribution in [0.4, 0.5) is 0 Å². The van der Waals surface area contributed by atoms with Crippen molar-refractivity contribution in [2.45, 2.75) is 0 Å². The Balaban J connectivity index is 2.14. The minimum absolute atomic E-state index is 0.167. The molecule has 0 saturated carbocycles. The van der Waals surface area contributed by atoms with Crippen LogP contribution in [0.3, 0.4) is 0 Å². The fourth-order valence-corrected chi connectivity index (χ4v) is 1.41. The van der Waals surface area contributed by atoms with E-state index >= 15 is 0 Å². The van der Waals surface area contributed by atoms with E-state index < -0.39 is 0 Å². The van der Waals surface area contributed by atoms with Gasteiger partial charge in [-0.25, -0.2) is 0 Å². The molecule has 14 heavy (non-hydrogen) atoms. The predicted molar refractivity (Wildman–Crippen MR) is 54.0 cm³/mol. The minimum Gasteiger partial charge on any atom is -0.463 e. The Morgan fingerprint density at radius 1 is 1.36 bits per heavy atom. The lowest BCUT2D eigenvalue weighted by Gasteiger charge is -2.31. The molecular formula is C9H19N3O2. The number of rotatable bonds is 4. The van der Waals surface area contributed by atoms with E-state index in [0.717, 1.165) is 26.2 Å². The maximum Gasteiger partial charge on any atom is 0.320 e. The number of nitrogens with two attached hydrogens (primary N) is 1. The van der Waals surface area contributed by atoms with Crippen LogP contribution in [0, 0.1) is 0 Å². The quantitative estimate of drug-likeness (QED) is 0.575. The summed E-state index contributed by atoms with van der Waals surface area (Å²) in [6.07, 6.45) is 0. The van der Waals surface area contributed by atoms with Crippen molar-refractivity contribution >= 4 is 5.97 Å². The van der Waals surface area contributed by atoms with Crippen molar-refractivity contribution in [1.82, 2.24) is 9.80 Å². The monoisotopic (exact) mass is 201 g/mol. The lowest BCUT2D eigenvalue weighted by molar-refractivity contribution is -0.145. The van der Waals surface area contributed by atoms with E-state index in [1.165, 1.54) is 0 Å². The summed E-state index contributed by atoms with van der Waals surface area (Å²) < 4.78 is 4.90. The third kappa shape index (κ3) is 4.04. The predicted octanol–water partition coefficient (Wildman–Crippen LogP) is -1.26. The molecule has 1 saturated heterocycles. The van der Waals surface area contributed by atoms with Gasteiger partial charge < -0.3 is 15.4 Å². The van der Waals surface area contributed by atoms with E-state index in [1.807, 2.05) is 0 Å². The molecular weight excluding hydrogens is 182 g/mol. The molecule has 0 aromatic carbocycles. The third-order valence-corrected chi connectivity index (χ3v) is 2.33. The van der Waals surface area contributed by atoms with Crippen LogP contribution in [0.2, 0.25) is 0 Å². The molecule has 0 aliphatic carbocycles. The van der Waals surface area contributed by atoms with Gasteiger partial charge in [0.1, 0.15) is 6.61 Å². The van der Waals surface area contributed by atoms with Crippen LogP contribution in [0.25, 0.3) is 0 Å². The highest BCUT2D eigenvalue weighted by Crippen LogP contribution is 1.98. The Labute approximate surface area is 84.8 Å². The standard InChI is InChI=1S/C9H19N3O2/c1-11-3-5-12(6-4-11)8-9(13)14-7-2-10/h2-8,10H2,1H3. The SMILES string of the molecule is CN1CCN(CC(=O)OCCN)CC1. The van der Waals surface area contributed by atoms with Crippen LogP contribution in [-0.4, -0.2) is 68.7 Å². The molecule has 0 spiro atoms. The maximum absolute atomic E-state index is 11.2. The van der Waals surface area contributed by atoms with Crippen LogP contribution < -0.4 is 5.73 Å². The molecule has 1 aliphatic heterocycles.